The van der Waals surface area contributed by atoms with Crippen molar-refractivity contribution < 1.29 is 28.9 Å². The zero-order valence-electron chi connectivity index (χ0n) is 25.5. The molecule has 2 fully saturated rings. The standard InChI is InChI=1S/C33H47N3O6/c1-23(2)35(33(39)25-11-14-30(41-4)31(17-25)42-16-8-15-40-3)21-26-19-34-20-27(26)22-36(28-12-13-28)32(38)18-29(37)24-9-6-5-7-10-24/h5-7,9-11,14,17,23,26-29,34,37H,8,12-13,15-16,18-22H2,1-4H3/t26-,27-,29+/m0/s1. The van der Waals surface area contributed by atoms with Crippen molar-refractivity contribution in [3.63, 3.8) is 0 Å². The van der Waals surface area contributed by atoms with Crippen LogP contribution in [0.3, 0.4) is 0 Å². The Bertz CT molecular complexity index is 1160. The zero-order valence-corrected chi connectivity index (χ0v) is 25.5. The number of hydrogen-bond acceptors (Lipinski definition) is 7. The van der Waals surface area contributed by atoms with E-state index in [1.165, 1.54) is 0 Å². The molecule has 230 valence electrons. The summed E-state index contributed by atoms with van der Waals surface area (Å²) in [6.45, 7) is 7.92. The third kappa shape index (κ3) is 8.46. The second-order valence-electron chi connectivity index (χ2n) is 11.7. The van der Waals surface area contributed by atoms with Gasteiger partial charge in [0.15, 0.2) is 11.5 Å². The Balaban J connectivity index is 1.42. The van der Waals surface area contributed by atoms with E-state index in [4.69, 9.17) is 14.2 Å². The molecule has 1 saturated heterocycles. The summed E-state index contributed by atoms with van der Waals surface area (Å²) in [7, 11) is 3.24. The van der Waals surface area contributed by atoms with Gasteiger partial charge < -0.3 is 34.4 Å². The van der Waals surface area contributed by atoms with Crippen LogP contribution in [-0.2, 0) is 9.53 Å². The van der Waals surface area contributed by atoms with Crippen molar-refractivity contribution in [1.82, 2.24) is 15.1 Å². The van der Waals surface area contributed by atoms with E-state index in [9.17, 15) is 14.7 Å². The van der Waals surface area contributed by atoms with E-state index >= 15 is 0 Å². The number of nitrogens with zero attached hydrogens (tertiary/aromatic N) is 2. The monoisotopic (exact) mass is 581 g/mol. The number of ether oxygens (including phenoxy) is 3. The largest absolute Gasteiger partial charge is 0.493 e. The number of carbonyl (C=O) groups excluding carboxylic acids is 2. The normalized spacial score (nSPS) is 19.0. The quantitative estimate of drug-likeness (QED) is 0.290. The number of amides is 2. The predicted octanol–water partition coefficient (Wildman–Crippen LogP) is 3.91. The summed E-state index contributed by atoms with van der Waals surface area (Å²) < 4.78 is 16.5. The molecule has 9 heteroatoms. The minimum Gasteiger partial charge on any atom is -0.493 e. The molecular weight excluding hydrogens is 534 g/mol. The maximum Gasteiger partial charge on any atom is 0.254 e. The van der Waals surface area contributed by atoms with E-state index in [1.54, 1.807) is 32.4 Å². The molecule has 3 atom stereocenters. The van der Waals surface area contributed by atoms with Crippen molar-refractivity contribution in [3.8, 4) is 11.5 Å². The first-order valence-electron chi connectivity index (χ1n) is 15.2. The smallest absolute Gasteiger partial charge is 0.254 e. The van der Waals surface area contributed by atoms with Gasteiger partial charge in [0.1, 0.15) is 0 Å². The molecular formula is C33H47N3O6. The van der Waals surface area contributed by atoms with Crippen LogP contribution in [-0.4, -0.2) is 92.4 Å². The highest BCUT2D eigenvalue weighted by molar-refractivity contribution is 5.95. The Labute approximate surface area is 250 Å². The van der Waals surface area contributed by atoms with Gasteiger partial charge in [-0.05, 0) is 62.3 Å². The number of hydrogen-bond donors (Lipinski definition) is 2. The minimum absolute atomic E-state index is 0.00545. The van der Waals surface area contributed by atoms with Crippen LogP contribution in [0.4, 0.5) is 0 Å². The summed E-state index contributed by atoms with van der Waals surface area (Å²) in [4.78, 5) is 31.1. The number of methoxy groups -OCH3 is 2. The van der Waals surface area contributed by atoms with Gasteiger partial charge in [0.2, 0.25) is 5.91 Å². The fraction of sp³-hybridized carbons (Fsp3) is 0.576. The van der Waals surface area contributed by atoms with Gasteiger partial charge in [-0.2, -0.15) is 0 Å². The molecule has 2 aromatic carbocycles. The van der Waals surface area contributed by atoms with Crippen molar-refractivity contribution in [2.75, 3.05) is 53.6 Å². The fourth-order valence-corrected chi connectivity index (χ4v) is 5.64. The Morgan fingerprint density at radius 2 is 1.69 bits per heavy atom. The summed E-state index contributed by atoms with van der Waals surface area (Å²) in [6, 6.07) is 14.9. The van der Waals surface area contributed by atoms with Gasteiger partial charge >= 0.3 is 0 Å². The van der Waals surface area contributed by atoms with Crippen LogP contribution in [0.2, 0.25) is 0 Å². The molecule has 2 aromatic rings. The van der Waals surface area contributed by atoms with E-state index in [1.807, 2.05) is 54.0 Å². The highest BCUT2D eigenvalue weighted by Gasteiger charge is 2.39. The van der Waals surface area contributed by atoms with Gasteiger partial charge in [0.05, 0.1) is 26.2 Å². The van der Waals surface area contributed by atoms with E-state index in [2.05, 4.69) is 5.32 Å². The van der Waals surface area contributed by atoms with Gasteiger partial charge in [-0.1, -0.05) is 30.3 Å². The second kappa shape index (κ2) is 15.4. The lowest BCUT2D eigenvalue weighted by molar-refractivity contribution is -0.134. The number of benzene rings is 2. The zero-order chi connectivity index (χ0) is 30.1. The van der Waals surface area contributed by atoms with Crippen LogP contribution in [0, 0.1) is 11.8 Å². The third-order valence-corrected chi connectivity index (χ3v) is 8.25. The van der Waals surface area contributed by atoms with Crippen molar-refractivity contribution in [3.05, 3.63) is 59.7 Å². The first-order valence-corrected chi connectivity index (χ1v) is 15.2. The summed E-state index contributed by atoms with van der Waals surface area (Å²) in [6.07, 6.45) is 2.00. The molecule has 0 aromatic heterocycles. The average molecular weight is 582 g/mol. The molecule has 0 unspecified atom stereocenters. The Kier molecular flexibility index (Phi) is 11.6. The van der Waals surface area contributed by atoms with E-state index in [0.29, 0.717) is 43.4 Å². The molecule has 1 saturated carbocycles. The highest BCUT2D eigenvalue weighted by Crippen LogP contribution is 2.33. The van der Waals surface area contributed by atoms with Gasteiger partial charge in [0.25, 0.3) is 5.91 Å². The van der Waals surface area contributed by atoms with Crippen LogP contribution in [0.25, 0.3) is 0 Å². The Morgan fingerprint density at radius 3 is 2.33 bits per heavy atom. The average Bonchev–Trinajstić information content (AvgIpc) is 3.74. The maximum absolute atomic E-state index is 13.8. The van der Waals surface area contributed by atoms with Crippen LogP contribution in [0.15, 0.2) is 48.5 Å². The molecule has 9 nitrogen and oxygen atoms in total. The van der Waals surface area contributed by atoms with Crippen LogP contribution in [0.1, 0.15) is 61.6 Å². The van der Waals surface area contributed by atoms with Crippen molar-refractivity contribution >= 4 is 11.8 Å². The minimum atomic E-state index is -0.815. The predicted molar refractivity (Wildman–Crippen MR) is 162 cm³/mol. The summed E-state index contributed by atoms with van der Waals surface area (Å²) in [5, 5.41) is 14.2. The second-order valence-corrected chi connectivity index (χ2v) is 11.7. The molecule has 4 rings (SSSR count). The SMILES string of the molecule is COCCCOc1cc(C(=O)N(C[C@@H]2CNC[C@H]2CN(C(=O)C[C@@H](O)c2ccccc2)C2CC2)C(C)C)ccc1OC. The number of rotatable bonds is 16. The van der Waals surface area contributed by atoms with E-state index in [-0.39, 0.29) is 42.2 Å². The third-order valence-electron chi connectivity index (χ3n) is 8.25. The van der Waals surface area contributed by atoms with Gasteiger partial charge in [-0.15, -0.1) is 0 Å². The lowest BCUT2D eigenvalue weighted by Crippen LogP contribution is -2.45. The van der Waals surface area contributed by atoms with Crippen LogP contribution in [0.5, 0.6) is 11.5 Å². The topological polar surface area (TPSA) is 101 Å². The molecule has 2 aliphatic rings. The molecule has 42 heavy (non-hydrogen) atoms. The van der Waals surface area contributed by atoms with Crippen molar-refractivity contribution in [2.24, 2.45) is 11.8 Å². The van der Waals surface area contributed by atoms with E-state index < -0.39 is 6.10 Å². The molecule has 0 radical (unpaired) electrons. The Morgan fingerprint density at radius 1 is 0.976 bits per heavy atom. The highest BCUT2D eigenvalue weighted by atomic mass is 16.5. The molecule has 0 spiro atoms. The number of aliphatic hydroxyl groups is 1. The number of nitrogens with one attached hydrogen (secondary N) is 1. The summed E-state index contributed by atoms with van der Waals surface area (Å²) in [5.74, 6) is 1.48. The van der Waals surface area contributed by atoms with E-state index in [0.717, 1.165) is 37.9 Å². The van der Waals surface area contributed by atoms with Crippen LogP contribution < -0.4 is 14.8 Å². The summed E-state index contributed by atoms with van der Waals surface area (Å²) in [5.41, 5.74) is 1.31. The Hall–Kier alpha value is -3.14. The van der Waals surface area contributed by atoms with Gasteiger partial charge in [-0.3, -0.25) is 9.59 Å². The molecule has 1 heterocycles. The fourth-order valence-electron chi connectivity index (χ4n) is 5.64. The number of aliphatic hydroxyl groups excluding tert-OH is 1. The van der Waals surface area contributed by atoms with Gasteiger partial charge in [-0.25, -0.2) is 0 Å². The van der Waals surface area contributed by atoms with Crippen molar-refractivity contribution in [2.45, 2.75) is 57.7 Å². The lowest BCUT2D eigenvalue weighted by Gasteiger charge is -2.34. The number of carbonyl (C=O) groups is 2. The lowest BCUT2D eigenvalue weighted by atomic mass is 9.93. The van der Waals surface area contributed by atoms with Crippen molar-refractivity contribution in [1.29, 1.82) is 0 Å². The molecule has 2 amide bonds. The molecule has 1 aliphatic heterocycles. The molecule has 0 bridgehead atoms. The molecule has 1 aliphatic carbocycles. The molecule has 2 N–H and O–H groups in total. The first-order chi connectivity index (χ1) is 20.3. The van der Waals surface area contributed by atoms with Gasteiger partial charge in [0, 0.05) is 64.0 Å². The maximum atomic E-state index is 13.8. The summed E-state index contributed by atoms with van der Waals surface area (Å²) >= 11 is 0. The van der Waals surface area contributed by atoms with Crippen LogP contribution >= 0.6 is 0 Å². The first kappa shape index (κ1) is 31.8.